The molecule has 8 heteroatoms. The van der Waals surface area contributed by atoms with Crippen molar-refractivity contribution in [3.63, 3.8) is 0 Å². The first-order valence-corrected chi connectivity index (χ1v) is 11.1. The lowest BCUT2D eigenvalue weighted by Crippen LogP contribution is -2.34. The SMILES string of the molecule is CC1=C(C(=O)OCCc2ccccc2)[C@H](c2ccc(Cl)c([N+](=O)[O-])c2)C2=C(CCCC2=O)N1. The molecule has 2 aliphatic rings. The Kier molecular flexibility index (Phi) is 6.60. The Morgan fingerprint density at radius 2 is 1.97 bits per heavy atom. The van der Waals surface area contributed by atoms with Crippen LogP contribution in [0.3, 0.4) is 0 Å². The molecule has 170 valence electrons. The molecule has 0 bridgehead atoms. The zero-order valence-electron chi connectivity index (χ0n) is 18.1. The third-order valence-corrected chi connectivity index (χ3v) is 6.28. The Balaban J connectivity index is 1.70. The molecule has 0 spiro atoms. The van der Waals surface area contributed by atoms with Gasteiger partial charge in [0.1, 0.15) is 5.02 Å². The summed E-state index contributed by atoms with van der Waals surface area (Å²) < 4.78 is 5.59. The molecule has 0 saturated heterocycles. The molecule has 33 heavy (non-hydrogen) atoms. The lowest BCUT2D eigenvalue weighted by molar-refractivity contribution is -0.384. The molecular formula is C25H23ClN2O5. The average molecular weight is 467 g/mol. The van der Waals surface area contributed by atoms with Crippen molar-refractivity contribution in [2.24, 2.45) is 0 Å². The monoisotopic (exact) mass is 466 g/mol. The van der Waals surface area contributed by atoms with Gasteiger partial charge in [0.2, 0.25) is 0 Å². The predicted molar refractivity (Wildman–Crippen MR) is 124 cm³/mol. The van der Waals surface area contributed by atoms with Crippen LogP contribution in [0.1, 0.15) is 43.2 Å². The molecule has 2 aromatic rings. The number of nitrogens with one attached hydrogen (secondary N) is 1. The number of carbonyl (C=O) groups is 2. The van der Waals surface area contributed by atoms with Gasteiger partial charge in [-0.15, -0.1) is 0 Å². The van der Waals surface area contributed by atoms with Crippen molar-refractivity contribution in [2.45, 2.75) is 38.5 Å². The van der Waals surface area contributed by atoms with Crippen molar-refractivity contribution in [1.82, 2.24) is 5.32 Å². The van der Waals surface area contributed by atoms with Gasteiger partial charge in [-0.2, -0.15) is 0 Å². The summed E-state index contributed by atoms with van der Waals surface area (Å²) in [6, 6.07) is 14.1. The fourth-order valence-corrected chi connectivity index (χ4v) is 4.61. The highest BCUT2D eigenvalue weighted by molar-refractivity contribution is 6.32. The summed E-state index contributed by atoms with van der Waals surface area (Å²) in [6.07, 6.45) is 2.29. The summed E-state index contributed by atoms with van der Waals surface area (Å²) in [5.41, 5.74) is 3.32. The van der Waals surface area contributed by atoms with E-state index < -0.39 is 16.8 Å². The van der Waals surface area contributed by atoms with E-state index in [4.69, 9.17) is 16.3 Å². The van der Waals surface area contributed by atoms with Gasteiger partial charge in [0.25, 0.3) is 5.69 Å². The summed E-state index contributed by atoms with van der Waals surface area (Å²) in [5.74, 6) is -1.38. The van der Waals surface area contributed by atoms with Crippen molar-refractivity contribution in [3.05, 3.63) is 97.3 Å². The molecule has 0 fully saturated rings. The molecule has 0 unspecified atom stereocenters. The zero-order valence-corrected chi connectivity index (χ0v) is 18.9. The minimum absolute atomic E-state index is 0.00505. The van der Waals surface area contributed by atoms with Gasteiger partial charge in [0.05, 0.1) is 17.1 Å². The van der Waals surface area contributed by atoms with Gasteiger partial charge in [-0.25, -0.2) is 4.79 Å². The summed E-state index contributed by atoms with van der Waals surface area (Å²) in [4.78, 5) is 37.1. The largest absolute Gasteiger partial charge is 0.462 e. The molecule has 2 aromatic carbocycles. The maximum absolute atomic E-state index is 13.2. The van der Waals surface area contributed by atoms with Gasteiger partial charge in [-0.3, -0.25) is 14.9 Å². The van der Waals surface area contributed by atoms with Crippen molar-refractivity contribution < 1.29 is 19.2 Å². The number of ketones is 1. The number of rotatable bonds is 6. The number of hydrogen-bond donors (Lipinski definition) is 1. The molecule has 4 rings (SSSR count). The number of hydrogen-bond acceptors (Lipinski definition) is 6. The van der Waals surface area contributed by atoms with Gasteiger partial charge >= 0.3 is 5.97 Å². The molecule has 0 radical (unpaired) electrons. The number of allylic oxidation sites excluding steroid dienone is 3. The standard InChI is InChI=1S/C25H23ClN2O5/c1-15-22(25(30)33-13-12-16-6-3-2-4-7-16)23(24-19(27-15)8-5-9-21(24)29)17-10-11-18(26)20(14-17)28(31)32/h2-4,6-7,10-11,14,23,27H,5,8-9,12-13H2,1H3/t23-/m0/s1. The van der Waals surface area contributed by atoms with E-state index in [-0.39, 0.29) is 28.7 Å². The molecule has 1 aliphatic carbocycles. The maximum Gasteiger partial charge on any atom is 0.336 e. The van der Waals surface area contributed by atoms with Crippen LogP contribution in [0.15, 0.2) is 71.1 Å². The number of nitro groups is 1. The number of carbonyl (C=O) groups excluding carboxylic acids is 2. The lowest BCUT2D eigenvalue weighted by atomic mass is 9.75. The number of halogens is 1. The number of nitrogens with zero attached hydrogens (tertiary/aromatic N) is 1. The van der Waals surface area contributed by atoms with E-state index in [9.17, 15) is 19.7 Å². The normalized spacial score (nSPS) is 18.0. The Morgan fingerprint density at radius 3 is 2.70 bits per heavy atom. The molecule has 1 N–H and O–H groups in total. The smallest absolute Gasteiger partial charge is 0.336 e. The number of dihydropyridines is 1. The number of esters is 1. The maximum atomic E-state index is 13.2. The highest BCUT2D eigenvalue weighted by Crippen LogP contribution is 2.44. The summed E-state index contributed by atoms with van der Waals surface area (Å²) >= 11 is 6.01. The van der Waals surface area contributed by atoms with Crippen LogP contribution < -0.4 is 5.32 Å². The fourth-order valence-electron chi connectivity index (χ4n) is 4.42. The number of Topliss-reactive ketones (excluding diaryl/α,β-unsaturated/α-hetero) is 1. The summed E-state index contributed by atoms with van der Waals surface area (Å²) in [5, 5.41) is 14.7. The van der Waals surface area contributed by atoms with Crippen LogP contribution in [-0.2, 0) is 20.7 Å². The molecule has 1 aliphatic heterocycles. The molecule has 0 saturated carbocycles. The Labute approximate surface area is 196 Å². The van der Waals surface area contributed by atoms with Gasteiger partial charge < -0.3 is 10.1 Å². The van der Waals surface area contributed by atoms with Crippen LogP contribution >= 0.6 is 11.6 Å². The van der Waals surface area contributed by atoms with E-state index in [1.54, 1.807) is 13.0 Å². The van der Waals surface area contributed by atoms with Crippen molar-refractivity contribution in [3.8, 4) is 0 Å². The van der Waals surface area contributed by atoms with Crippen LogP contribution in [0, 0.1) is 10.1 Å². The topological polar surface area (TPSA) is 98.5 Å². The second-order valence-electron chi connectivity index (χ2n) is 8.11. The van der Waals surface area contributed by atoms with Crippen LogP contribution in [0.4, 0.5) is 5.69 Å². The van der Waals surface area contributed by atoms with E-state index >= 15 is 0 Å². The molecular weight excluding hydrogens is 444 g/mol. The van der Waals surface area contributed by atoms with E-state index in [1.807, 2.05) is 30.3 Å². The second-order valence-corrected chi connectivity index (χ2v) is 8.51. The molecule has 7 nitrogen and oxygen atoms in total. The van der Waals surface area contributed by atoms with E-state index in [2.05, 4.69) is 5.32 Å². The highest BCUT2D eigenvalue weighted by Gasteiger charge is 2.39. The van der Waals surface area contributed by atoms with Gasteiger partial charge in [-0.1, -0.05) is 48.0 Å². The lowest BCUT2D eigenvalue weighted by Gasteiger charge is -2.34. The van der Waals surface area contributed by atoms with Crippen molar-refractivity contribution in [1.29, 1.82) is 0 Å². The fraction of sp³-hybridized carbons (Fsp3) is 0.280. The number of ether oxygens (including phenoxy) is 1. The van der Waals surface area contributed by atoms with Crippen molar-refractivity contribution >= 4 is 29.0 Å². The van der Waals surface area contributed by atoms with E-state index in [1.165, 1.54) is 12.1 Å². The quantitative estimate of drug-likeness (QED) is 0.365. The first kappa shape index (κ1) is 22.7. The molecule has 1 heterocycles. The molecule has 0 amide bonds. The average Bonchev–Trinajstić information content (AvgIpc) is 2.79. The third-order valence-electron chi connectivity index (χ3n) is 5.96. The number of benzene rings is 2. The third kappa shape index (κ3) is 4.68. The minimum Gasteiger partial charge on any atom is -0.462 e. The first-order chi connectivity index (χ1) is 15.9. The first-order valence-electron chi connectivity index (χ1n) is 10.8. The zero-order chi connectivity index (χ0) is 23.5. The Morgan fingerprint density at radius 1 is 1.21 bits per heavy atom. The van der Waals surface area contributed by atoms with Gasteiger partial charge in [0, 0.05) is 41.8 Å². The minimum atomic E-state index is -0.755. The van der Waals surface area contributed by atoms with Crippen LogP contribution in [0.25, 0.3) is 0 Å². The summed E-state index contributed by atoms with van der Waals surface area (Å²) in [6.45, 7) is 1.93. The van der Waals surface area contributed by atoms with Gasteiger partial charge in [0.15, 0.2) is 5.78 Å². The predicted octanol–water partition coefficient (Wildman–Crippen LogP) is 5.00. The van der Waals surface area contributed by atoms with E-state index in [0.717, 1.165) is 11.3 Å². The van der Waals surface area contributed by atoms with Gasteiger partial charge in [-0.05, 0) is 37.0 Å². The second kappa shape index (κ2) is 9.58. The summed E-state index contributed by atoms with van der Waals surface area (Å²) in [7, 11) is 0. The Hall–Kier alpha value is -3.45. The highest BCUT2D eigenvalue weighted by atomic mass is 35.5. The van der Waals surface area contributed by atoms with Crippen LogP contribution in [-0.4, -0.2) is 23.3 Å². The van der Waals surface area contributed by atoms with Crippen LogP contribution in [0.5, 0.6) is 0 Å². The van der Waals surface area contributed by atoms with Crippen LogP contribution in [0.2, 0.25) is 5.02 Å². The van der Waals surface area contributed by atoms with E-state index in [0.29, 0.717) is 42.5 Å². The Bertz CT molecular complexity index is 1190. The van der Waals surface area contributed by atoms with Crippen molar-refractivity contribution in [2.75, 3.05) is 6.61 Å². The molecule has 0 aromatic heterocycles. The molecule has 1 atom stereocenters. The number of nitro benzene ring substituents is 1.